The van der Waals surface area contributed by atoms with Crippen molar-refractivity contribution in [1.82, 2.24) is 25.6 Å². The van der Waals surface area contributed by atoms with Crippen molar-refractivity contribution in [2.45, 2.75) is 45.2 Å². The van der Waals surface area contributed by atoms with Crippen LogP contribution in [0, 0.1) is 19.8 Å². The number of aryl methyl sites for hydroxylation is 1. The second kappa shape index (κ2) is 7.83. The zero-order valence-electron chi connectivity index (χ0n) is 16.8. The Kier molecular flexibility index (Phi) is 5.26. The van der Waals surface area contributed by atoms with Gasteiger partial charge in [-0.1, -0.05) is 6.07 Å². The molecular formula is C21H28N6O. The lowest BCUT2D eigenvalue weighted by Gasteiger charge is -2.24. The molecule has 1 aliphatic carbocycles. The number of hydrogen-bond donors (Lipinski definition) is 2. The number of pyridine rings is 1. The molecule has 2 fully saturated rings. The van der Waals surface area contributed by atoms with Crippen LogP contribution in [-0.2, 0) is 0 Å². The van der Waals surface area contributed by atoms with E-state index < -0.39 is 0 Å². The van der Waals surface area contributed by atoms with E-state index >= 15 is 0 Å². The number of nitrogens with one attached hydrogen (secondary N) is 2. The molecule has 2 aliphatic rings. The molecule has 2 aromatic rings. The number of aromatic nitrogens is 3. The Morgan fingerprint density at radius 1 is 1.21 bits per heavy atom. The highest BCUT2D eigenvalue weighted by atomic mass is 16.2. The zero-order chi connectivity index (χ0) is 19.7. The predicted molar refractivity (Wildman–Crippen MR) is 108 cm³/mol. The number of nitrogens with zero attached hydrogens (tertiary/aromatic N) is 4. The fourth-order valence-electron chi connectivity index (χ4n) is 3.93. The van der Waals surface area contributed by atoms with Crippen molar-refractivity contribution in [1.29, 1.82) is 0 Å². The smallest absolute Gasteiger partial charge is 0.288 e. The number of anilines is 1. The number of hydrogen-bond acceptors (Lipinski definition) is 6. The van der Waals surface area contributed by atoms with Crippen molar-refractivity contribution in [2.75, 3.05) is 25.0 Å². The maximum Gasteiger partial charge on any atom is 0.288 e. The van der Waals surface area contributed by atoms with Gasteiger partial charge in [0.25, 0.3) is 5.91 Å². The van der Waals surface area contributed by atoms with Crippen molar-refractivity contribution >= 4 is 11.7 Å². The Bertz CT molecular complexity index is 851. The molecule has 28 heavy (non-hydrogen) atoms. The molecule has 1 saturated carbocycles. The van der Waals surface area contributed by atoms with E-state index in [1.54, 1.807) is 7.05 Å². The van der Waals surface area contributed by atoms with Crippen LogP contribution < -0.4 is 15.5 Å². The average molecular weight is 380 g/mol. The summed E-state index contributed by atoms with van der Waals surface area (Å²) in [5.74, 6) is 1.55. The third kappa shape index (κ3) is 3.85. The van der Waals surface area contributed by atoms with Crippen LogP contribution in [0.25, 0.3) is 0 Å². The Labute approximate surface area is 166 Å². The molecule has 1 amide bonds. The highest BCUT2D eigenvalue weighted by Crippen LogP contribution is 2.41. The Morgan fingerprint density at radius 3 is 2.71 bits per heavy atom. The number of carbonyl (C=O) groups excluding carboxylic acids is 1. The van der Waals surface area contributed by atoms with Crippen LogP contribution >= 0.6 is 0 Å². The number of rotatable bonds is 6. The van der Waals surface area contributed by atoms with Gasteiger partial charge in [-0.3, -0.25) is 9.78 Å². The maximum atomic E-state index is 12.0. The van der Waals surface area contributed by atoms with Crippen LogP contribution in [0.5, 0.6) is 0 Å². The molecule has 7 heteroatoms. The molecule has 2 atom stereocenters. The summed E-state index contributed by atoms with van der Waals surface area (Å²) in [5.41, 5.74) is 3.03. The van der Waals surface area contributed by atoms with E-state index in [9.17, 15) is 4.79 Å². The van der Waals surface area contributed by atoms with Gasteiger partial charge in [0.1, 0.15) is 5.82 Å². The highest BCUT2D eigenvalue weighted by molar-refractivity contribution is 5.90. The summed E-state index contributed by atoms with van der Waals surface area (Å²) in [5, 5.41) is 6.47. The van der Waals surface area contributed by atoms with E-state index in [0.29, 0.717) is 18.0 Å². The van der Waals surface area contributed by atoms with Crippen molar-refractivity contribution in [2.24, 2.45) is 5.92 Å². The van der Waals surface area contributed by atoms with Gasteiger partial charge in [0, 0.05) is 43.6 Å². The van der Waals surface area contributed by atoms with Crippen molar-refractivity contribution in [3.8, 4) is 0 Å². The van der Waals surface area contributed by atoms with Crippen LogP contribution in [0.1, 0.15) is 52.9 Å². The lowest BCUT2D eigenvalue weighted by molar-refractivity contribution is 0.0952. The predicted octanol–water partition coefficient (Wildman–Crippen LogP) is 2.17. The van der Waals surface area contributed by atoms with Crippen LogP contribution in [0.4, 0.5) is 5.82 Å². The van der Waals surface area contributed by atoms with E-state index in [0.717, 1.165) is 42.3 Å². The normalized spacial score (nSPS) is 20.2. The molecule has 0 aromatic carbocycles. The zero-order valence-corrected chi connectivity index (χ0v) is 16.8. The van der Waals surface area contributed by atoms with E-state index in [1.807, 2.05) is 26.1 Å². The minimum Gasteiger partial charge on any atom is -0.355 e. The first-order valence-corrected chi connectivity index (χ1v) is 10.1. The molecule has 4 rings (SSSR count). The van der Waals surface area contributed by atoms with Gasteiger partial charge >= 0.3 is 0 Å². The summed E-state index contributed by atoms with van der Waals surface area (Å²) < 4.78 is 0. The van der Waals surface area contributed by atoms with Crippen molar-refractivity contribution in [3.05, 3.63) is 47.2 Å². The summed E-state index contributed by atoms with van der Waals surface area (Å²) in [6.07, 6.45) is 5.46. The Morgan fingerprint density at radius 2 is 2.04 bits per heavy atom. The van der Waals surface area contributed by atoms with Crippen molar-refractivity contribution < 1.29 is 4.79 Å². The van der Waals surface area contributed by atoms with Gasteiger partial charge in [-0.25, -0.2) is 9.97 Å². The quantitative estimate of drug-likeness (QED) is 0.799. The van der Waals surface area contributed by atoms with Gasteiger partial charge in [0.15, 0.2) is 0 Å². The first-order chi connectivity index (χ1) is 13.6. The molecule has 0 spiro atoms. The monoisotopic (exact) mass is 380 g/mol. The summed E-state index contributed by atoms with van der Waals surface area (Å²) in [6, 6.07) is 6.85. The molecule has 1 unspecified atom stereocenters. The van der Waals surface area contributed by atoms with Gasteiger partial charge in [-0.2, -0.15) is 0 Å². The second-order valence-electron chi connectivity index (χ2n) is 7.83. The third-order valence-corrected chi connectivity index (χ3v) is 5.80. The molecular weight excluding hydrogens is 352 g/mol. The summed E-state index contributed by atoms with van der Waals surface area (Å²) in [6.45, 7) is 5.76. The highest BCUT2D eigenvalue weighted by Gasteiger charge is 2.36. The van der Waals surface area contributed by atoms with Gasteiger partial charge in [-0.15, -0.1) is 0 Å². The summed E-state index contributed by atoms with van der Waals surface area (Å²) in [4.78, 5) is 27.8. The lowest BCUT2D eigenvalue weighted by atomic mass is 10.1. The van der Waals surface area contributed by atoms with Crippen LogP contribution in [-0.4, -0.2) is 47.0 Å². The van der Waals surface area contributed by atoms with Gasteiger partial charge in [0.05, 0.1) is 11.7 Å². The second-order valence-corrected chi connectivity index (χ2v) is 7.83. The summed E-state index contributed by atoms with van der Waals surface area (Å²) in [7, 11) is 1.60. The first-order valence-electron chi connectivity index (χ1n) is 10.1. The third-order valence-electron chi connectivity index (χ3n) is 5.80. The van der Waals surface area contributed by atoms with Crippen LogP contribution in [0.3, 0.4) is 0 Å². The first kappa shape index (κ1) is 18.8. The van der Waals surface area contributed by atoms with Crippen LogP contribution in [0.2, 0.25) is 0 Å². The minimum absolute atomic E-state index is 0.237. The molecule has 3 heterocycles. The van der Waals surface area contributed by atoms with E-state index in [1.165, 1.54) is 12.8 Å². The van der Waals surface area contributed by atoms with E-state index in [4.69, 9.17) is 0 Å². The minimum atomic E-state index is -0.248. The molecule has 0 bridgehead atoms. The average Bonchev–Trinajstić information content (AvgIpc) is 3.46. The fraction of sp³-hybridized carbons (Fsp3) is 0.524. The van der Waals surface area contributed by atoms with E-state index in [2.05, 4.69) is 42.6 Å². The Hall–Kier alpha value is -2.54. The topological polar surface area (TPSA) is 83.0 Å². The molecule has 7 nitrogen and oxygen atoms in total. The molecule has 1 aliphatic heterocycles. The summed E-state index contributed by atoms with van der Waals surface area (Å²) >= 11 is 0. The molecule has 148 valence electrons. The molecule has 0 radical (unpaired) electrons. The van der Waals surface area contributed by atoms with Gasteiger partial charge in [0.2, 0.25) is 5.82 Å². The number of amides is 1. The van der Waals surface area contributed by atoms with E-state index in [-0.39, 0.29) is 11.7 Å². The molecule has 2 aromatic heterocycles. The SMILES string of the molecule is CNC(=O)c1nc(C)c(C)c(N2CC[C@@H](NC(c3ccccn3)C3CC3)C2)n1. The largest absolute Gasteiger partial charge is 0.355 e. The molecule has 2 N–H and O–H groups in total. The molecule has 1 saturated heterocycles. The standard InChI is InChI=1S/C21H28N6O/c1-13-14(2)24-19(21(28)22-3)26-20(13)27-11-9-16(12-27)25-18(15-7-8-15)17-6-4-5-10-23-17/h4-6,10,15-16,18,25H,7-9,11-12H2,1-3H3,(H,22,28)/t16-,18?/m1/s1. The van der Waals surface area contributed by atoms with Crippen molar-refractivity contribution in [3.63, 3.8) is 0 Å². The van der Waals surface area contributed by atoms with Crippen LogP contribution in [0.15, 0.2) is 24.4 Å². The van der Waals surface area contributed by atoms with Gasteiger partial charge in [-0.05, 0) is 51.2 Å². The maximum absolute atomic E-state index is 12.0. The number of carbonyl (C=O) groups is 1. The lowest BCUT2D eigenvalue weighted by Crippen LogP contribution is -2.37. The van der Waals surface area contributed by atoms with Gasteiger partial charge < -0.3 is 15.5 Å². The fourth-order valence-corrected chi connectivity index (χ4v) is 3.93. The Balaban J connectivity index is 1.50.